The van der Waals surface area contributed by atoms with E-state index >= 15 is 0 Å². The highest BCUT2D eigenvalue weighted by Crippen LogP contribution is 2.26. The van der Waals surface area contributed by atoms with Gasteiger partial charge in [-0.1, -0.05) is 75.4 Å². The fourth-order valence-corrected chi connectivity index (χ4v) is 3.09. The Morgan fingerprint density at radius 3 is 2.26 bits per heavy atom. The largest absolute Gasteiger partial charge is 0.344 e. The van der Waals surface area contributed by atoms with Gasteiger partial charge in [0.15, 0.2) is 5.69 Å². The molecule has 0 aliphatic heterocycles. The second kappa shape index (κ2) is 7.39. The average Bonchev–Trinajstić information content (AvgIpc) is 3.03. The van der Waals surface area contributed by atoms with E-state index in [1.54, 1.807) is 4.68 Å². The summed E-state index contributed by atoms with van der Waals surface area (Å²) in [6.45, 7) is 8.57. The van der Waals surface area contributed by atoms with E-state index in [9.17, 15) is 4.79 Å². The summed E-state index contributed by atoms with van der Waals surface area (Å²) < 4.78 is 1.76. The molecule has 2 aromatic carbocycles. The second-order valence-corrected chi connectivity index (χ2v) is 7.97. The molecule has 0 aliphatic carbocycles. The maximum Gasteiger partial charge on any atom is 0.272 e. The van der Waals surface area contributed by atoms with E-state index < -0.39 is 0 Å². The monoisotopic (exact) mass is 361 g/mol. The first-order valence-corrected chi connectivity index (χ1v) is 9.26. The van der Waals surface area contributed by atoms with E-state index in [1.807, 2.05) is 50.4 Å². The van der Waals surface area contributed by atoms with Crippen LogP contribution in [-0.2, 0) is 12.5 Å². The highest BCUT2D eigenvalue weighted by atomic mass is 16.2. The first-order chi connectivity index (χ1) is 12.8. The Morgan fingerprint density at radius 1 is 1.04 bits per heavy atom. The molecule has 0 fully saturated rings. The molecule has 140 valence electrons. The molecule has 1 amide bonds. The summed E-state index contributed by atoms with van der Waals surface area (Å²) in [7, 11) is 1.87. The lowest BCUT2D eigenvalue weighted by Crippen LogP contribution is -2.27. The molecule has 3 rings (SSSR count). The molecule has 0 radical (unpaired) electrons. The van der Waals surface area contributed by atoms with Crippen molar-refractivity contribution in [3.05, 3.63) is 77.5 Å². The Balaban J connectivity index is 1.79. The zero-order valence-electron chi connectivity index (χ0n) is 16.7. The highest BCUT2D eigenvalue weighted by Gasteiger charge is 2.18. The Labute approximate surface area is 161 Å². The third kappa shape index (κ3) is 4.27. The minimum Gasteiger partial charge on any atom is -0.344 e. The molecule has 0 unspecified atom stereocenters. The van der Waals surface area contributed by atoms with Crippen LogP contribution in [0.25, 0.3) is 11.3 Å². The van der Waals surface area contributed by atoms with Gasteiger partial charge in [0.05, 0.1) is 11.7 Å². The van der Waals surface area contributed by atoms with Crippen LogP contribution in [0.1, 0.15) is 55.4 Å². The number of hydrogen-bond acceptors (Lipinski definition) is 2. The molecule has 1 heterocycles. The summed E-state index contributed by atoms with van der Waals surface area (Å²) in [5, 5.41) is 7.43. The van der Waals surface area contributed by atoms with Gasteiger partial charge in [-0.25, -0.2) is 0 Å². The maximum atomic E-state index is 12.6. The molecular formula is C23H27N3O. The summed E-state index contributed by atoms with van der Waals surface area (Å²) in [5.74, 6) is -0.167. The van der Waals surface area contributed by atoms with Gasteiger partial charge in [0.2, 0.25) is 0 Å². The van der Waals surface area contributed by atoms with Crippen molar-refractivity contribution in [3.63, 3.8) is 0 Å². The van der Waals surface area contributed by atoms with Crippen molar-refractivity contribution in [1.82, 2.24) is 15.1 Å². The lowest BCUT2D eigenvalue weighted by atomic mass is 9.86. The molecule has 27 heavy (non-hydrogen) atoms. The Kier molecular flexibility index (Phi) is 5.17. The SMILES string of the molecule is C[C@@H](NC(=O)c1cc(-c2ccc(C(C)(C)C)cc2)n(C)n1)c1ccccc1. The van der Waals surface area contributed by atoms with Gasteiger partial charge in [-0.05, 0) is 35.1 Å². The summed E-state index contributed by atoms with van der Waals surface area (Å²) in [4.78, 5) is 12.6. The number of benzene rings is 2. The Morgan fingerprint density at radius 2 is 1.67 bits per heavy atom. The van der Waals surface area contributed by atoms with E-state index in [0.29, 0.717) is 5.69 Å². The van der Waals surface area contributed by atoms with Crippen LogP contribution in [-0.4, -0.2) is 15.7 Å². The molecular weight excluding hydrogens is 334 g/mol. The van der Waals surface area contributed by atoms with Crippen molar-refractivity contribution < 1.29 is 4.79 Å². The number of nitrogens with zero attached hydrogens (tertiary/aromatic N) is 2. The summed E-state index contributed by atoms with van der Waals surface area (Å²) >= 11 is 0. The molecule has 0 saturated carbocycles. The predicted octanol–water partition coefficient (Wildman–Crippen LogP) is 4.88. The molecule has 0 bridgehead atoms. The van der Waals surface area contributed by atoms with Gasteiger partial charge in [-0.15, -0.1) is 0 Å². The summed E-state index contributed by atoms with van der Waals surface area (Å²) in [5.41, 5.74) is 4.86. The molecule has 4 nitrogen and oxygen atoms in total. The number of aromatic nitrogens is 2. The fourth-order valence-electron chi connectivity index (χ4n) is 3.09. The highest BCUT2D eigenvalue weighted by molar-refractivity contribution is 5.93. The quantitative estimate of drug-likeness (QED) is 0.720. The van der Waals surface area contributed by atoms with Crippen molar-refractivity contribution in [1.29, 1.82) is 0 Å². The molecule has 3 aromatic rings. The van der Waals surface area contributed by atoms with Crippen LogP contribution in [0, 0.1) is 0 Å². The van der Waals surface area contributed by atoms with Gasteiger partial charge < -0.3 is 5.32 Å². The van der Waals surface area contributed by atoms with Crippen LogP contribution in [0.5, 0.6) is 0 Å². The van der Waals surface area contributed by atoms with E-state index in [2.05, 4.69) is 55.5 Å². The lowest BCUT2D eigenvalue weighted by molar-refractivity contribution is 0.0934. The third-order valence-corrected chi connectivity index (χ3v) is 4.81. The first-order valence-electron chi connectivity index (χ1n) is 9.26. The van der Waals surface area contributed by atoms with Crippen molar-refractivity contribution in [2.45, 2.75) is 39.2 Å². The molecule has 4 heteroatoms. The number of rotatable bonds is 4. The number of hydrogen-bond donors (Lipinski definition) is 1. The van der Waals surface area contributed by atoms with Crippen molar-refractivity contribution in [2.75, 3.05) is 0 Å². The molecule has 0 aliphatic rings. The minimum atomic E-state index is -0.167. The standard InChI is InChI=1S/C23H27N3O/c1-16(17-9-7-6-8-10-17)24-22(27)20-15-21(26(5)25-20)18-11-13-19(14-12-18)23(2,3)4/h6-16H,1-5H3,(H,24,27)/t16-/m1/s1. The van der Waals surface area contributed by atoms with E-state index in [1.165, 1.54) is 5.56 Å². The van der Waals surface area contributed by atoms with E-state index in [4.69, 9.17) is 0 Å². The number of carbonyl (C=O) groups excluding carboxylic acids is 1. The van der Waals surface area contributed by atoms with Crippen LogP contribution >= 0.6 is 0 Å². The van der Waals surface area contributed by atoms with Crippen LogP contribution in [0.2, 0.25) is 0 Å². The number of nitrogens with one attached hydrogen (secondary N) is 1. The number of aryl methyl sites for hydroxylation is 1. The van der Waals surface area contributed by atoms with Gasteiger partial charge in [0.25, 0.3) is 5.91 Å². The predicted molar refractivity (Wildman–Crippen MR) is 110 cm³/mol. The van der Waals surface area contributed by atoms with Gasteiger partial charge in [0, 0.05) is 7.05 Å². The zero-order chi connectivity index (χ0) is 19.6. The molecule has 1 atom stereocenters. The Bertz CT molecular complexity index is 919. The van der Waals surface area contributed by atoms with E-state index in [-0.39, 0.29) is 17.4 Å². The number of amides is 1. The van der Waals surface area contributed by atoms with Crippen LogP contribution < -0.4 is 5.32 Å². The fraction of sp³-hybridized carbons (Fsp3) is 0.304. The van der Waals surface area contributed by atoms with Gasteiger partial charge in [-0.2, -0.15) is 5.10 Å². The van der Waals surface area contributed by atoms with Crippen LogP contribution in [0.15, 0.2) is 60.7 Å². The second-order valence-electron chi connectivity index (χ2n) is 7.97. The third-order valence-electron chi connectivity index (χ3n) is 4.81. The van der Waals surface area contributed by atoms with Crippen LogP contribution in [0.4, 0.5) is 0 Å². The molecule has 1 aromatic heterocycles. The number of carbonyl (C=O) groups is 1. The van der Waals surface area contributed by atoms with Gasteiger partial charge >= 0.3 is 0 Å². The van der Waals surface area contributed by atoms with E-state index in [0.717, 1.165) is 16.8 Å². The van der Waals surface area contributed by atoms with Crippen molar-refractivity contribution >= 4 is 5.91 Å². The smallest absolute Gasteiger partial charge is 0.272 e. The molecule has 0 spiro atoms. The Hall–Kier alpha value is -2.88. The summed E-state index contributed by atoms with van der Waals surface area (Å²) in [6, 6.07) is 20.1. The summed E-state index contributed by atoms with van der Waals surface area (Å²) in [6.07, 6.45) is 0. The topological polar surface area (TPSA) is 46.9 Å². The first kappa shape index (κ1) is 18.9. The van der Waals surface area contributed by atoms with Crippen molar-refractivity contribution in [3.8, 4) is 11.3 Å². The molecule has 0 saturated heterocycles. The zero-order valence-corrected chi connectivity index (χ0v) is 16.7. The van der Waals surface area contributed by atoms with Crippen LogP contribution in [0.3, 0.4) is 0 Å². The molecule has 1 N–H and O–H groups in total. The van der Waals surface area contributed by atoms with Gasteiger partial charge in [-0.3, -0.25) is 9.48 Å². The van der Waals surface area contributed by atoms with Gasteiger partial charge in [0.1, 0.15) is 0 Å². The lowest BCUT2D eigenvalue weighted by Gasteiger charge is -2.19. The normalized spacial score (nSPS) is 12.6. The maximum absolute atomic E-state index is 12.6. The van der Waals surface area contributed by atoms with Crippen molar-refractivity contribution in [2.24, 2.45) is 7.05 Å². The average molecular weight is 361 g/mol. The minimum absolute atomic E-state index is 0.0739.